The second kappa shape index (κ2) is 36.2. The third kappa shape index (κ3) is 23.8. The fraction of sp³-hybridized carbons (Fsp3) is 0.625. The van der Waals surface area contributed by atoms with Gasteiger partial charge in [-0.25, -0.2) is 4.79 Å². The summed E-state index contributed by atoms with van der Waals surface area (Å²) in [5, 5.41) is 57.7. The summed E-state index contributed by atoms with van der Waals surface area (Å²) in [5.74, 6) is -8.49. The Morgan fingerprint density at radius 2 is 1.35 bits per heavy atom. The van der Waals surface area contributed by atoms with E-state index in [2.05, 4.69) is 42.5 Å². The molecule has 2 unspecified atom stereocenters. The van der Waals surface area contributed by atoms with Crippen molar-refractivity contribution in [1.29, 1.82) is 5.41 Å². The fourth-order valence-electron chi connectivity index (χ4n) is 8.17. The molecular weight excluding hydrogens is 1020 g/mol. The summed E-state index contributed by atoms with van der Waals surface area (Å²) in [7, 11) is 0. The lowest BCUT2D eigenvalue weighted by atomic mass is 10.0. The quantitative estimate of drug-likeness (QED) is 0.00967. The van der Waals surface area contributed by atoms with Gasteiger partial charge in [-0.1, -0.05) is 36.8 Å². The third-order valence-electron chi connectivity index (χ3n) is 12.4. The predicted molar refractivity (Wildman–Crippen MR) is 286 cm³/mol. The number of amides is 8. The van der Waals surface area contributed by atoms with Gasteiger partial charge in [-0.2, -0.15) is 0 Å². The molecule has 438 valence electrons. The van der Waals surface area contributed by atoms with Crippen LogP contribution in [0.4, 0.5) is 0 Å². The zero-order valence-corrected chi connectivity index (χ0v) is 44.0. The molecule has 0 radical (unpaired) electrons. The molecule has 1 aliphatic rings. The number of rotatable bonds is 37. The van der Waals surface area contributed by atoms with Crippen LogP contribution in [0, 0.1) is 5.41 Å². The van der Waals surface area contributed by atoms with Crippen LogP contribution >= 0.6 is 0 Å². The Labute approximate surface area is 452 Å². The number of aliphatic hydroxyl groups excluding tert-OH is 2. The number of hydrogen-bond acceptors (Lipinski definition) is 19. The van der Waals surface area contributed by atoms with E-state index >= 15 is 0 Å². The number of carbonyl (C=O) groups is 9. The molecule has 1 aromatic carbocycles. The number of unbranched alkanes of at least 4 members (excludes halogenated alkanes) is 2. The number of nitrogens with two attached hydrogens (primary N) is 8. The van der Waals surface area contributed by atoms with Gasteiger partial charge in [-0.05, 0) is 108 Å². The number of guanidine groups is 1. The molecule has 30 heteroatoms. The fourth-order valence-corrected chi connectivity index (χ4v) is 8.17. The van der Waals surface area contributed by atoms with E-state index in [1.165, 1.54) is 17.0 Å². The number of carboxylic acids is 1. The summed E-state index contributed by atoms with van der Waals surface area (Å²) in [6.07, 6.45) is 0.799. The minimum Gasteiger partial charge on any atom is -0.477 e. The van der Waals surface area contributed by atoms with Gasteiger partial charge in [0.15, 0.2) is 5.96 Å². The average Bonchev–Trinajstić information content (AvgIpc) is 3.91. The van der Waals surface area contributed by atoms with Crippen molar-refractivity contribution in [3.63, 3.8) is 0 Å². The van der Waals surface area contributed by atoms with Gasteiger partial charge in [0.25, 0.3) is 0 Å². The van der Waals surface area contributed by atoms with Crippen LogP contribution in [0.2, 0.25) is 0 Å². The first-order chi connectivity index (χ1) is 37.1. The molecular formula is C48H84N18O12. The summed E-state index contributed by atoms with van der Waals surface area (Å²) in [4.78, 5) is 123. The van der Waals surface area contributed by atoms with E-state index in [-0.39, 0.29) is 95.6 Å². The Bertz CT molecular complexity index is 2190. The van der Waals surface area contributed by atoms with E-state index in [4.69, 9.17) is 51.3 Å². The zero-order chi connectivity index (χ0) is 58.3. The number of nitrogens with one attached hydrogen (secondary N) is 9. The topological polar surface area (TPSA) is 546 Å². The number of likely N-dealkylation sites (tertiary alicyclic amines) is 1. The van der Waals surface area contributed by atoms with Crippen molar-refractivity contribution in [1.82, 2.24) is 47.4 Å². The van der Waals surface area contributed by atoms with Gasteiger partial charge in [0, 0.05) is 26.1 Å². The molecule has 30 nitrogen and oxygen atoms in total. The molecule has 1 heterocycles. The monoisotopic (exact) mass is 1100 g/mol. The number of nitrogens with zero attached hydrogens (tertiary/aromatic N) is 1. The first kappa shape index (κ1) is 67.2. The van der Waals surface area contributed by atoms with Crippen LogP contribution in [0.25, 0.3) is 0 Å². The number of carboxylic acid groups (broad SMARTS) is 1. The average molecular weight is 1110 g/mol. The van der Waals surface area contributed by atoms with Crippen molar-refractivity contribution in [2.45, 2.75) is 138 Å². The molecule has 78 heavy (non-hydrogen) atoms. The second-order valence-electron chi connectivity index (χ2n) is 18.6. The van der Waals surface area contributed by atoms with Gasteiger partial charge in [-0.15, -0.1) is 0 Å². The van der Waals surface area contributed by atoms with E-state index in [1.54, 1.807) is 18.2 Å². The van der Waals surface area contributed by atoms with Gasteiger partial charge in [0.1, 0.15) is 48.2 Å². The minimum atomic E-state index is -1.61. The Kier molecular flexibility index (Phi) is 31.2. The van der Waals surface area contributed by atoms with Crippen molar-refractivity contribution >= 4 is 59.2 Å². The van der Waals surface area contributed by atoms with Gasteiger partial charge in [0.2, 0.25) is 47.3 Å². The van der Waals surface area contributed by atoms with Crippen molar-refractivity contribution in [3.8, 4) is 0 Å². The van der Waals surface area contributed by atoms with E-state index in [1.807, 2.05) is 0 Å². The van der Waals surface area contributed by atoms with Gasteiger partial charge in [0.05, 0.1) is 18.7 Å². The first-order valence-electron chi connectivity index (χ1n) is 26.0. The largest absolute Gasteiger partial charge is 0.477 e. The lowest BCUT2D eigenvalue weighted by Crippen LogP contribution is -2.61. The standard InChI is InChI=1S/C48H84N18O12/c49-17-3-1-11-29(54)40(70)65-38(36(67)25-53)45(75)62-31(16-20-52)41(71)59-26-37(68)60-32(13-6-19-51)46(76)66-22-8-15-35(66)44(74)64-34(24-27-9-5-10-28(23-27)39(55)69)43(73)61-30(12-2-4-18-50)42(72)63-33(47(77)78)14-7-21-58-48(56)57/h5,9-10,14,23,29-32,34-36,38-39,67,69H,1-4,6-8,11-13,15-22,24-26,49-55H2,(H,59,71)(H,60,68)(H,61,73)(H,62,75)(H,63,72)(H,64,74)(H,65,70)(H,77,78)(H4,56,57,58)/b33-14-/t29-,30-,31?,32+,34-,35-,36?,38-,39-/m0/s1. The van der Waals surface area contributed by atoms with Crippen molar-refractivity contribution < 1.29 is 58.5 Å². The number of aliphatic hydroxyl groups is 2. The molecule has 28 N–H and O–H groups in total. The van der Waals surface area contributed by atoms with E-state index in [0.717, 1.165) is 0 Å². The normalized spacial score (nSPS) is 16.4. The predicted octanol–water partition coefficient (Wildman–Crippen LogP) is -7.34. The molecule has 0 bridgehead atoms. The van der Waals surface area contributed by atoms with E-state index < -0.39 is 127 Å². The molecule has 0 aromatic heterocycles. The number of benzene rings is 1. The first-order valence-corrected chi connectivity index (χ1v) is 26.0. The lowest BCUT2D eigenvalue weighted by molar-refractivity contribution is -0.142. The highest BCUT2D eigenvalue weighted by atomic mass is 16.4. The maximum atomic E-state index is 14.3. The van der Waals surface area contributed by atoms with Crippen LogP contribution in [0.3, 0.4) is 0 Å². The van der Waals surface area contributed by atoms with Crippen molar-refractivity contribution in [3.05, 3.63) is 47.2 Å². The molecule has 1 saturated heterocycles. The van der Waals surface area contributed by atoms with Crippen LogP contribution in [0.15, 0.2) is 36.0 Å². The molecule has 0 aliphatic carbocycles. The molecule has 9 atom stereocenters. The van der Waals surface area contributed by atoms with E-state index in [9.17, 15) is 58.5 Å². The van der Waals surface area contributed by atoms with Crippen LogP contribution in [-0.4, -0.2) is 180 Å². The number of carbonyl (C=O) groups excluding carboxylic acids is 8. The molecule has 8 amide bonds. The van der Waals surface area contributed by atoms with Gasteiger partial charge in [-0.3, -0.25) is 43.8 Å². The van der Waals surface area contributed by atoms with Crippen LogP contribution in [0.1, 0.15) is 94.4 Å². The maximum Gasteiger partial charge on any atom is 0.352 e. The van der Waals surface area contributed by atoms with Crippen molar-refractivity contribution in [2.75, 3.05) is 52.4 Å². The Hall–Kier alpha value is -6.90. The summed E-state index contributed by atoms with van der Waals surface area (Å²) < 4.78 is 0. The molecule has 1 aliphatic heterocycles. The third-order valence-corrected chi connectivity index (χ3v) is 12.4. The summed E-state index contributed by atoms with van der Waals surface area (Å²) in [6, 6.07) is -2.99. The zero-order valence-electron chi connectivity index (χ0n) is 44.0. The highest BCUT2D eigenvalue weighted by Crippen LogP contribution is 2.21. The smallest absolute Gasteiger partial charge is 0.352 e. The summed E-state index contributed by atoms with van der Waals surface area (Å²) >= 11 is 0. The van der Waals surface area contributed by atoms with Crippen LogP contribution in [-0.2, 0) is 49.6 Å². The molecule has 1 aromatic rings. The second-order valence-corrected chi connectivity index (χ2v) is 18.6. The van der Waals surface area contributed by atoms with Crippen LogP contribution < -0.4 is 88.4 Å². The minimum absolute atomic E-state index is 0.00665. The molecule has 0 spiro atoms. The van der Waals surface area contributed by atoms with E-state index in [0.29, 0.717) is 44.2 Å². The van der Waals surface area contributed by atoms with Gasteiger partial charge < -0.3 is 109 Å². The van der Waals surface area contributed by atoms with Crippen LogP contribution in [0.5, 0.6) is 0 Å². The Morgan fingerprint density at radius 1 is 0.705 bits per heavy atom. The summed E-state index contributed by atoms with van der Waals surface area (Å²) in [5.41, 5.74) is 45.5. The summed E-state index contributed by atoms with van der Waals surface area (Å²) in [6.45, 7) is -0.383. The Morgan fingerprint density at radius 3 is 1.96 bits per heavy atom. The van der Waals surface area contributed by atoms with Crippen molar-refractivity contribution in [2.24, 2.45) is 45.9 Å². The van der Waals surface area contributed by atoms with Gasteiger partial charge >= 0.3 is 5.97 Å². The highest BCUT2D eigenvalue weighted by molar-refractivity contribution is 5.99. The lowest BCUT2D eigenvalue weighted by Gasteiger charge is -2.30. The molecule has 1 fully saturated rings. The Balaban J connectivity index is 2.34. The highest BCUT2D eigenvalue weighted by Gasteiger charge is 2.40. The number of hydrogen-bond donors (Lipinski definition) is 20. The SMILES string of the molecule is N=C(N)NCC/C=C(\NC(=O)[C@H](CCCCN)NC(=O)[C@H](Cc1cccc([C@@H](N)O)c1)NC(=O)[C@@H]1CCCN1C(=O)[C@@H](CCCN)NC(=O)CNC(=O)C(CCN)NC(=O)[C@@H](NC(=O)[C@@H](N)CCCCN)C(O)CN)C(=O)O. The molecule has 2 rings (SSSR count). The number of aliphatic carboxylic acids is 1. The maximum absolute atomic E-state index is 14.3. The molecule has 0 saturated carbocycles.